The molecular formula is C25H25N3OS2. The number of thioether (sulfide) groups is 1. The van der Waals surface area contributed by atoms with E-state index in [0.717, 1.165) is 29.7 Å². The molecule has 1 aliphatic rings. The van der Waals surface area contributed by atoms with Gasteiger partial charge in [0.15, 0.2) is 0 Å². The van der Waals surface area contributed by atoms with E-state index in [0.29, 0.717) is 28.6 Å². The van der Waals surface area contributed by atoms with Gasteiger partial charge in [0, 0.05) is 15.5 Å². The summed E-state index contributed by atoms with van der Waals surface area (Å²) in [6, 6.07) is 20.5. The fraction of sp³-hybridized carbons (Fsp3) is 0.280. The Morgan fingerprint density at radius 1 is 1.29 bits per heavy atom. The lowest BCUT2D eigenvalue weighted by molar-refractivity contribution is -0.115. The molecule has 0 saturated carbocycles. The summed E-state index contributed by atoms with van der Waals surface area (Å²) in [5.41, 5.74) is 9.66. The van der Waals surface area contributed by atoms with Crippen molar-refractivity contribution in [2.45, 2.75) is 48.7 Å². The third kappa shape index (κ3) is 4.79. The van der Waals surface area contributed by atoms with E-state index >= 15 is 0 Å². The quantitative estimate of drug-likeness (QED) is 0.360. The Bertz CT molecular complexity index is 1120. The van der Waals surface area contributed by atoms with Gasteiger partial charge in [0.2, 0.25) is 5.91 Å². The smallest absolute Gasteiger partial charge is 0.238 e. The molecule has 1 amide bonds. The Hall–Kier alpha value is -2.75. The van der Waals surface area contributed by atoms with Gasteiger partial charge in [-0.3, -0.25) is 4.79 Å². The molecule has 0 bridgehead atoms. The van der Waals surface area contributed by atoms with Crippen LogP contribution in [0.2, 0.25) is 0 Å². The van der Waals surface area contributed by atoms with Crippen LogP contribution < -0.4 is 11.1 Å². The van der Waals surface area contributed by atoms with Crippen molar-refractivity contribution in [3.63, 3.8) is 0 Å². The average molecular weight is 448 g/mol. The van der Waals surface area contributed by atoms with Gasteiger partial charge >= 0.3 is 0 Å². The third-order valence-electron chi connectivity index (χ3n) is 5.68. The minimum absolute atomic E-state index is 0.0652. The molecule has 1 aliphatic carbocycles. The molecule has 2 atom stereocenters. The van der Waals surface area contributed by atoms with Crippen molar-refractivity contribution >= 4 is 39.7 Å². The molecule has 31 heavy (non-hydrogen) atoms. The topological polar surface area (TPSA) is 78.9 Å². The second-order valence-corrected chi connectivity index (χ2v) is 10.1. The van der Waals surface area contributed by atoms with Crippen LogP contribution in [0.3, 0.4) is 0 Å². The van der Waals surface area contributed by atoms with E-state index in [4.69, 9.17) is 5.73 Å². The Morgan fingerprint density at radius 2 is 2.10 bits per heavy atom. The van der Waals surface area contributed by atoms with Crippen molar-refractivity contribution in [2.75, 3.05) is 11.1 Å². The van der Waals surface area contributed by atoms with Crippen molar-refractivity contribution in [3.8, 4) is 6.07 Å². The van der Waals surface area contributed by atoms with Gasteiger partial charge < -0.3 is 11.1 Å². The molecule has 2 unspecified atom stereocenters. The molecule has 3 aromatic rings. The maximum atomic E-state index is 13.0. The molecule has 1 aromatic heterocycles. The maximum absolute atomic E-state index is 13.0. The zero-order valence-electron chi connectivity index (χ0n) is 17.4. The summed E-state index contributed by atoms with van der Waals surface area (Å²) in [4.78, 5) is 15.2. The monoisotopic (exact) mass is 447 g/mol. The molecule has 3 N–H and O–H groups in total. The van der Waals surface area contributed by atoms with Crippen LogP contribution in [0.25, 0.3) is 0 Å². The third-order valence-corrected chi connectivity index (χ3v) is 8.21. The van der Waals surface area contributed by atoms with Crippen LogP contribution in [-0.2, 0) is 17.6 Å². The van der Waals surface area contributed by atoms with E-state index in [-0.39, 0.29) is 11.2 Å². The molecule has 1 heterocycles. The Kier molecular flexibility index (Phi) is 6.64. The second-order valence-electron chi connectivity index (χ2n) is 7.75. The minimum atomic E-state index is -0.246. The maximum Gasteiger partial charge on any atom is 0.238 e. The first kappa shape index (κ1) is 21.5. The molecule has 0 radical (unpaired) electrons. The standard InChI is InChI=1S/C25H25N3OS2/c1-2-22(30-19-10-6-9-18(27)14-19)24(29)28-25-21(15-26)20-12-11-17(13-23(20)31-25)16-7-4-3-5-8-16/h3-10,14,17,22H,2,11-13,27H2,1H3,(H,28,29). The summed E-state index contributed by atoms with van der Waals surface area (Å²) in [7, 11) is 0. The van der Waals surface area contributed by atoms with Crippen LogP contribution in [0.15, 0.2) is 59.5 Å². The molecule has 4 nitrogen and oxygen atoms in total. The van der Waals surface area contributed by atoms with Gasteiger partial charge in [-0.15, -0.1) is 23.1 Å². The first-order chi connectivity index (χ1) is 15.1. The Morgan fingerprint density at radius 3 is 2.81 bits per heavy atom. The van der Waals surface area contributed by atoms with Gasteiger partial charge in [-0.2, -0.15) is 5.26 Å². The summed E-state index contributed by atoms with van der Waals surface area (Å²) in [5.74, 6) is 0.398. The van der Waals surface area contributed by atoms with Gasteiger partial charge in [0.05, 0.1) is 10.8 Å². The molecule has 0 saturated heterocycles. The van der Waals surface area contributed by atoms with Crippen molar-refractivity contribution < 1.29 is 4.79 Å². The largest absolute Gasteiger partial charge is 0.399 e. The summed E-state index contributed by atoms with van der Waals surface area (Å²) >= 11 is 3.07. The number of carbonyl (C=O) groups excluding carboxylic acids is 1. The van der Waals surface area contributed by atoms with Crippen LogP contribution in [0, 0.1) is 11.3 Å². The first-order valence-corrected chi connectivity index (χ1v) is 12.2. The van der Waals surface area contributed by atoms with E-state index in [2.05, 4.69) is 35.7 Å². The SMILES string of the molecule is CCC(Sc1cccc(N)c1)C(=O)Nc1sc2c(c1C#N)CCC(c1ccccc1)C2. The molecule has 6 heteroatoms. The van der Waals surface area contributed by atoms with Crippen LogP contribution in [0.5, 0.6) is 0 Å². The van der Waals surface area contributed by atoms with Crippen LogP contribution in [0.4, 0.5) is 10.7 Å². The zero-order chi connectivity index (χ0) is 21.8. The minimum Gasteiger partial charge on any atom is -0.399 e. The number of hydrogen-bond donors (Lipinski definition) is 2. The van der Waals surface area contributed by atoms with E-state index in [9.17, 15) is 10.1 Å². The van der Waals surface area contributed by atoms with Gasteiger partial charge in [-0.25, -0.2) is 0 Å². The fourth-order valence-corrected chi connectivity index (χ4v) is 6.37. The number of rotatable bonds is 6. The van der Waals surface area contributed by atoms with E-state index in [1.54, 1.807) is 11.3 Å². The fourth-order valence-electron chi connectivity index (χ4n) is 4.07. The van der Waals surface area contributed by atoms with Crippen molar-refractivity contribution in [1.29, 1.82) is 5.26 Å². The van der Waals surface area contributed by atoms with Crippen LogP contribution in [-0.4, -0.2) is 11.2 Å². The Balaban J connectivity index is 1.51. The Labute approximate surface area is 191 Å². The highest BCUT2D eigenvalue weighted by Crippen LogP contribution is 2.42. The van der Waals surface area contributed by atoms with Crippen molar-refractivity contribution in [2.24, 2.45) is 0 Å². The summed E-state index contributed by atoms with van der Waals surface area (Å²) in [5, 5.41) is 13.3. The van der Waals surface area contributed by atoms with E-state index in [1.807, 2.05) is 37.3 Å². The number of fused-ring (bicyclic) bond motifs is 1. The second kappa shape index (κ2) is 9.59. The normalized spacial score (nSPS) is 16.2. The number of nitrogen functional groups attached to an aromatic ring is 1. The lowest BCUT2D eigenvalue weighted by atomic mass is 9.83. The summed E-state index contributed by atoms with van der Waals surface area (Å²) in [6.45, 7) is 2.00. The van der Waals surface area contributed by atoms with Crippen LogP contribution in [0.1, 0.15) is 47.3 Å². The lowest BCUT2D eigenvalue weighted by Crippen LogP contribution is -2.24. The molecule has 0 spiro atoms. The molecule has 4 rings (SSSR count). The van der Waals surface area contributed by atoms with Gasteiger partial charge in [0.1, 0.15) is 11.1 Å². The van der Waals surface area contributed by atoms with Crippen molar-refractivity contribution in [1.82, 2.24) is 0 Å². The van der Waals surface area contributed by atoms with Gasteiger partial charge in [0.25, 0.3) is 0 Å². The van der Waals surface area contributed by atoms with Gasteiger partial charge in [-0.1, -0.05) is 43.3 Å². The molecule has 2 aromatic carbocycles. The number of carbonyl (C=O) groups is 1. The first-order valence-electron chi connectivity index (χ1n) is 10.5. The van der Waals surface area contributed by atoms with Crippen LogP contribution >= 0.6 is 23.1 Å². The molecule has 0 aliphatic heterocycles. The molecular weight excluding hydrogens is 422 g/mol. The number of hydrogen-bond acceptors (Lipinski definition) is 5. The summed E-state index contributed by atoms with van der Waals surface area (Å²) < 4.78 is 0. The number of amides is 1. The average Bonchev–Trinajstić information content (AvgIpc) is 3.14. The zero-order valence-corrected chi connectivity index (χ0v) is 19.1. The number of nitrogens with one attached hydrogen (secondary N) is 1. The number of nitriles is 1. The highest BCUT2D eigenvalue weighted by molar-refractivity contribution is 8.00. The number of anilines is 2. The van der Waals surface area contributed by atoms with E-state index in [1.165, 1.54) is 22.2 Å². The number of thiophene rings is 1. The lowest BCUT2D eigenvalue weighted by Gasteiger charge is -2.22. The highest BCUT2D eigenvalue weighted by Gasteiger charge is 2.28. The predicted octanol–water partition coefficient (Wildman–Crippen LogP) is 5.98. The predicted molar refractivity (Wildman–Crippen MR) is 130 cm³/mol. The number of benzene rings is 2. The van der Waals surface area contributed by atoms with Gasteiger partial charge in [-0.05, 0) is 60.9 Å². The number of nitrogens with two attached hydrogens (primary N) is 1. The van der Waals surface area contributed by atoms with Crippen molar-refractivity contribution in [3.05, 3.63) is 76.2 Å². The molecule has 0 fully saturated rings. The number of nitrogens with zero attached hydrogens (tertiary/aromatic N) is 1. The molecule has 158 valence electrons. The summed E-state index contributed by atoms with van der Waals surface area (Å²) in [6.07, 6.45) is 3.51. The highest BCUT2D eigenvalue weighted by atomic mass is 32.2. The van der Waals surface area contributed by atoms with E-state index < -0.39 is 0 Å².